The molecule has 0 bridgehead atoms. The van der Waals surface area contributed by atoms with Crippen LogP contribution < -0.4 is 0 Å². The molecule has 1 fully saturated rings. The number of likely N-dealkylation sites (tertiary alicyclic amines) is 1. The lowest BCUT2D eigenvalue weighted by atomic mass is 9.93. The summed E-state index contributed by atoms with van der Waals surface area (Å²) in [5, 5.41) is 0. The minimum absolute atomic E-state index is 0.0110. The van der Waals surface area contributed by atoms with Crippen molar-refractivity contribution in [3.05, 3.63) is 35.9 Å². The number of piperidine rings is 1. The highest BCUT2D eigenvalue weighted by atomic mass is 16.6. The van der Waals surface area contributed by atoms with Crippen molar-refractivity contribution >= 4 is 11.8 Å². The van der Waals surface area contributed by atoms with Crippen LogP contribution in [0.3, 0.4) is 0 Å². The van der Waals surface area contributed by atoms with Crippen molar-refractivity contribution in [2.24, 2.45) is 4.99 Å². The molecule has 1 aliphatic rings. The summed E-state index contributed by atoms with van der Waals surface area (Å²) in [7, 11) is 2.10. The summed E-state index contributed by atoms with van der Waals surface area (Å²) in [5.74, 6) is 0.141. The molecule has 1 amide bonds. The Hall–Kier alpha value is -1.68. The quantitative estimate of drug-likeness (QED) is 0.713. The highest BCUT2D eigenvalue weighted by Crippen LogP contribution is 2.21. The number of carbonyl (C=O) groups is 1. The molecule has 1 aliphatic heterocycles. The van der Waals surface area contributed by atoms with Crippen LogP contribution in [-0.4, -0.2) is 42.9 Å². The van der Waals surface area contributed by atoms with Crippen LogP contribution >= 0.6 is 0 Å². The van der Waals surface area contributed by atoms with E-state index >= 15 is 0 Å². The number of rotatable bonds is 6. The van der Waals surface area contributed by atoms with Gasteiger partial charge < -0.3 is 9.64 Å². The fourth-order valence-electron chi connectivity index (χ4n) is 3.05. The zero-order chi connectivity index (χ0) is 17.4. The zero-order valence-corrected chi connectivity index (χ0v) is 15.2. The second kappa shape index (κ2) is 9.58. The topological polar surface area (TPSA) is 41.9 Å². The summed E-state index contributed by atoms with van der Waals surface area (Å²) in [6.45, 7) is 6.23. The number of ether oxygens (including phenoxy) is 1. The van der Waals surface area contributed by atoms with E-state index in [-0.39, 0.29) is 12.0 Å². The molecule has 1 unspecified atom stereocenters. The van der Waals surface area contributed by atoms with Gasteiger partial charge in [-0.05, 0) is 38.3 Å². The molecular formula is C20H30N2O2. The summed E-state index contributed by atoms with van der Waals surface area (Å²) >= 11 is 0. The number of aliphatic imine (C=N–C) groups is 1. The van der Waals surface area contributed by atoms with Gasteiger partial charge in [0.15, 0.2) is 0 Å². The van der Waals surface area contributed by atoms with Gasteiger partial charge in [0, 0.05) is 24.7 Å². The first-order chi connectivity index (χ1) is 11.6. The molecule has 1 saturated heterocycles. The number of hydrogen-bond acceptors (Lipinski definition) is 3. The average Bonchev–Trinajstić information content (AvgIpc) is 2.60. The molecule has 1 aromatic rings. The van der Waals surface area contributed by atoms with Gasteiger partial charge in [-0.3, -0.25) is 0 Å². The van der Waals surface area contributed by atoms with E-state index in [2.05, 4.69) is 42.9 Å². The van der Waals surface area contributed by atoms with E-state index in [9.17, 15) is 4.79 Å². The SMILES string of the molecule is CCCCC(=NC(=O)OC1CCN(C)CC1)C(C)c1ccccc1. The van der Waals surface area contributed by atoms with Crippen molar-refractivity contribution < 1.29 is 9.53 Å². The van der Waals surface area contributed by atoms with Crippen LogP contribution in [0, 0.1) is 0 Å². The van der Waals surface area contributed by atoms with Gasteiger partial charge in [0.2, 0.25) is 0 Å². The fraction of sp³-hybridized carbons (Fsp3) is 0.600. The van der Waals surface area contributed by atoms with Crippen LogP contribution in [0.25, 0.3) is 0 Å². The largest absolute Gasteiger partial charge is 0.445 e. The first-order valence-corrected chi connectivity index (χ1v) is 9.11. The van der Waals surface area contributed by atoms with E-state index in [1.165, 1.54) is 5.56 Å². The Labute approximate surface area is 145 Å². The van der Waals surface area contributed by atoms with Crippen molar-refractivity contribution in [3.63, 3.8) is 0 Å². The molecule has 4 nitrogen and oxygen atoms in total. The lowest BCUT2D eigenvalue weighted by Gasteiger charge is -2.28. The van der Waals surface area contributed by atoms with Crippen LogP contribution in [-0.2, 0) is 4.74 Å². The molecule has 132 valence electrons. The maximum Gasteiger partial charge on any atom is 0.433 e. The molecule has 0 N–H and O–H groups in total. The summed E-state index contributed by atoms with van der Waals surface area (Å²) in [5.41, 5.74) is 2.13. The normalized spacial score (nSPS) is 18.4. The van der Waals surface area contributed by atoms with Crippen LogP contribution in [0.1, 0.15) is 57.4 Å². The predicted molar refractivity (Wildman–Crippen MR) is 98.8 cm³/mol. The standard InChI is InChI=1S/C20H30N2O2/c1-4-5-11-19(16(2)17-9-7-6-8-10-17)21-20(23)24-18-12-14-22(3)15-13-18/h6-10,16,18H,4-5,11-15H2,1-3H3. The predicted octanol–water partition coefficient (Wildman–Crippen LogP) is 4.65. The molecular weight excluding hydrogens is 300 g/mol. The third-order valence-corrected chi connectivity index (χ3v) is 4.75. The first kappa shape index (κ1) is 18.7. The number of carbonyl (C=O) groups excluding carboxylic acids is 1. The second-order valence-corrected chi connectivity index (χ2v) is 6.73. The molecule has 0 aromatic heterocycles. The lowest BCUT2D eigenvalue weighted by Crippen LogP contribution is -2.35. The van der Waals surface area contributed by atoms with E-state index in [4.69, 9.17) is 4.74 Å². The minimum atomic E-state index is -0.418. The Morgan fingerprint density at radius 3 is 2.58 bits per heavy atom. The molecule has 0 aliphatic carbocycles. The molecule has 0 saturated carbocycles. The van der Waals surface area contributed by atoms with Crippen LogP contribution in [0.15, 0.2) is 35.3 Å². The molecule has 0 spiro atoms. The number of hydrogen-bond donors (Lipinski definition) is 0. The molecule has 24 heavy (non-hydrogen) atoms. The maximum absolute atomic E-state index is 12.3. The van der Waals surface area contributed by atoms with Gasteiger partial charge in [0.1, 0.15) is 6.10 Å². The van der Waals surface area contributed by atoms with Crippen molar-refractivity contribution in [1.29, 1.82) is 0 Å². The van der Waals surface area contributed by atoms with Crippen molar-refractivity contribution in [2.75, 3.05) is 20.1 Å². The Balaban J connectivity index is 2.02. The molecule has 0 radical (unpaired) electrons. The van der Waals surface area contributed by atoms with Gasteiger partial charge in [-0.2, -0.15) is 4.99 Å². The van der Waals surface area contributed by atoms with Crippen molar-refractivity contribution in [3.8, 4) is 0 Å². The Morgan fingerprint density at radius 2 is 1.96 bits per heavy atom. The number of benzene rings is 1. The first-order valence-electron chi connectivity index (χ1n) is 9.11. The van der Waals surface area contributed by atoms with Crippen molar-refractivity contribution in [1.82, 2.24) is 4.90 Å². The van der Waals surface area contributed by atoms with Crippen LogP contribution in [0.2, 0.25) is 0 Å². The van der Waals surface area contributed by atoms with E-state index < -0.39 is 6.09 Å². The number of unbranched alkanes of at least 4 members (excludes halogenated alkanes) is 1. The fourth-order valence-corrected chi connectivity index (χ4v) is 3.05. The Bertz CT molecular complexity index is 534. The Morgan fingerprint density at radius 1 is 1.29 bits per heavy atom. The molecule has 2 rings (SSSR count). The number of nitrogens with zero attached hydrogens (tertiary/aromatic N) is 2. The molecule has 1 heterocycles. The molecule has 1 aromatic carbocycles. The summed E-state index contributed by atoms with van der Waals surface area (Å²) in [6, 6.07) is 10.2. The van der Waals surface area contributed by atoms with E-state index in [1.807, 2.05) is 18.2 Å². The third kappa shape index (κ3) is 5.75. The minimum Gasteiger partial charge on any atom is -0.445 e. The van der Waals surface area contributed by atoms with E-state index in [1.54, 1.807) is 0 Å². The summed E-state index contributed by atoms with van der Waals surface area (Å²) < 4.78 is 5.58. The molecule has 1 atom stereocenters. The summed E-state index contributed by atoms with van der Waals surface area (Å²) in [6.07, 6.45) is 4.36. The zero-order valence-electron chi connectivity index (χ0n) is 15.2. The van der Waals surface area contributed by atoms with Gasteiger partial charge in [-0.15, -0.1) is 0 Å². The smallest absolute Gasteiger partial charge is 0.433 e. The number of amides is 1. The lowest BCUT2D eigenvalue weighted by molar-refractivity contribution is 0.0635. The van der Waals surface area contributed by atoms with E-state index in [0.717, 1.165) is 50.9 Å². The average molecular weight is 330 g/mol. The van der Waals surface area contributed by atoms with Crippen molar-refractivity contribution in [2.45, 2.75) is 58.0 Å². The van der Waals surface area contributed by atoms with Crippen LogP contribution in [0.4, 0.5) is 4.79 Å². The van der Waals surface area contributed by atoms with Crippen LogP contribution in [0.5, 0.6) is 0 Å². The highest BCUT2D eigenvalue weighted by molar-refractivity contribution is 5.97. The van der Waals surface area contributed by atoms with Gasteiger partial charge in [-0.1, -0.05) is 50.6 Å². The maximum atomic E-state index is 12.3. The highest BCUT2D eigenvalue weighted by Gasteiger charge is 2.21. The molecule has 4 heteroatoms. The van der Waals surface area contributed by atoms with Gasteiger partial charge >= 0.3 is 6.09 Å². The summed E-state index contributed by atoms with van der Waals surface area (Å²) in [4.78, 5) is 18.9. The third-order valence-electron chi connectivity index (χ3n) is 4.75. The second-order valence-electron chi connectivity index (χ2n) is 6.73. The van der Waals surface area contributed by atoms with E-state index in [0.29, 0.717) is 0 Å². The van der Waals surface area contributed by atoms with Gasteiger partial charge in [0.05, 0.1) is 0 Å². The van der Waals surface area contributed by atoms with Gasteiger partial charge in [-0.25, -0.2) is 4.79 Å². The van der Waals surface area contributed by atoms with Gasteiger partial charge in [0.25, 0.3) is 0 Å². The Kier molecular flexibility index (Phi) is 7.44. The monoisotopic (exact) mass is 330 g/mol.